The van der Waals surface area contributed by atoms with Crippen LogP contribution in [0.3, 0.4) is 0 Å². The molecule has 0 radical (unpaired) electrons. The van der Waals surface area contributed by atoms with Gasteiger partial charge in [-0.1, -0.05) is 50.7 Å². The Hall–Kier alpha value is -3.11. The Morgan fingerprint density at radius 2 is 2.08 bits per heavy atom. The first-order valence-electron chi connectivity index (χ1n) is 12.7. The summed E-state index contributed by atoms with van der Waals surface area (Å²) in [5, 5.41) is 22.8. The predicted molar refractivity (Wildman–Crippen MR) is 152 cm³/mol. The number of anilines is 1. The number of amides is 1. The van der Waals surface area contributed by atoms with E-state index >= 15 is 0 Å². The van der Waals surface area contributed by atoms with Crippen molar-refractivity contribution in [1.29, 1.82) is 0 Å². The summed E-state index contributed by atoms with van der Waals surface area (Å²) in [6.07, 6.45) is 4.40. The van der Waals surface area contributed by atoms with E-state index in [0.29, 0.717) is 39.6 Å². The molecule has 3 aromatic rings. The second kappa shape index (κ2) is 11.7. The third-order valence-corrected chi connectivity index (χ3v) is 8.86. The zero-order valence-electron chi connectivity index (χ0n) is 22.2. The fourth-order valence-corrected chi connectivity index (χ4v) is 6.76. The van der Waals surface area contributed by atoms with E-state index in [1.165, 1.54) is 23.1 Å². The topological polar surface area (TPSA) is 106 Å². The van der Waals surface area contributed by atoms with Crippen molar-refractivity contribution in [3.05, 3.63) is 52.9 Å². The number of phenols is 1. The molecule has 0 fully saturated rings. The maximum atomic E-state index is 13.1. The van der Waals surface area contributed by atoms with Crippen molar-refractivity contribution >= 4 is 40.0 Å². The number of nitrogens with one attached hydrogen (secondary N) is 1. The van der Waals surface area contributed by atoms with Crippen molar-refractivity contribution in [3.8, 4) is 17.1 Å². The maximum absolute atomic E-state index is 13.1. The van der Waals surface area contributed by atoms with E-state index in [1.54, 1.807) is 35.8 Å². The standard InChI is InChI=1S/C28H34N4O4S2/c1-6-14-32-24(18-10-8-9-11-20(18)33)30-31-27(32)37-16-22(34)29-25-23(26(35)36-7-2)19-13-12-17(28(3,4)5)15-21(19)38-25/h6,8-11,17,33H,1,7,12-16H2,2-5H3,(H,29,34)/t17-/m0/s1. The highest BCUT2D eigenvalue weighted by molar-refractivity contribution is 7.99. The highest BCUT2D eigenvalue weighted by Gasteiger charge is 2.34. The lowest BCUT2D eigenvalue weighted by Gasteiger charge is -2.33. The summed E-state index contributed by atoms with van der Waals surface area (Å²) < 4.78 is 7.16. The van der Waals surface area contributed by atoms with Gasteiger partial charge < -0.3 is 15.2 Å². The van der Waals surface area contributed by atoms with Crippen molar-refractivity contribution in [3.63, 3.8) is 0 Å². The van der Waals surface area contributed by atoms with Crippen LogP contribution in [0.25, 0.3) is 11.4 Å². The van der Waals surface area contributed by atoms with Crippen molar-refractivity contribution in [2.24, 2.45) is 11.3 Å². The number of hydrogen-bond donors (Lipinski definition) is 2. The minimum absolute atomic E-state index is 0.0749. The number of rotatable bonds is 9. The van der Waals surface area contributed by atoms with Crippen molar-refractivity contribution < 1.29 is 19.4 Å². The number of carbonyl (C=O) groups excluding carboxylic acids is 2. The molecule has 2 N–H and O–H groups in total. The smallest absolute Gasteiger partial charge is 0.341 e. The summed E-state index contributed by atoms with van der Waals surface area (Å²) in [6, 6.07) is 6.91. The Morgan fingerprint density at radius 3 is 2.76 bits per heavy atom. The SMILES string of the molecule is C=CCn1c(SCC(=O)Nc2sc3c(c2C(=O)OCC)CC[C@H](C(C)(C)C)C3)nnc1-c1ccccc1O. The number of nitrogens with zero attached hydrogens (tertiary/aromatic N) is 3. The van der Waals surface area contributed by atoms with E-state index in [4.69, 9.17) is 4.74 Å². The highest BCUT2D eigenvalue weighted by atomic mass is 32.2. The number of para-hydroxylation sites is 1. The minimum atomic E-state index is -0.389. The number of carbonyl (C=O) groups is 2. The third-order valence-electron chi connectivity index (χ3n) is 6.73. The van der Waals surface area contributed by atoms with Gasteiger partial charge in [-0.2, -0.15) is 0 Å². The van der Waals surface area contributed by atoms with E-state index in [2.05, 4.69) is 42.9 Å². The van der Waals surface area contributed by atoms with Gasteiger partial charge in [0.2, 0.25) is 5.91 Å². The second-order valence-electron chi connectivity index (χ2n) is 10.3. The van der Waals surface area contributed by atoms with Crippen LogP contribution in [0.2, 0.25) is 0 Å². The zero-order chi connectivity index (χ0) is 27.4. The molecule has 1 aromatic carbocycles. The number of thioether (sulfide) groups is 1. The summed E-state index contributed by atoms with van der Waals surface area (Å²) >= 11 is 2.72. The fraction of sp³-hybridized carbons (Fsp3) is 0.429. The summed E-state index contributed by atoms with van der Waals surface area (Å²) in [7, 11) is 0. The molecular formula is C28H34N4O4S2. The van der Waals surface area contributed by atoms with Crippen LogP contribution in [0.5, 0.6) is 5.75 Å². The molecule has 38 heavy (non-hydrogen) atoms. The Morgan fingerprint density at radius 1 is 1.32 bits per heavy atom. The lowest BCUT2D eigenvalue weighted by molar-refractivity contribution is -0.113. The average molecular weight is 555 g/mol. The molecule has 0 aliphatic heterocycles. The van der Waals surface area contributed by atoms with Crippen LogP contribution < -0.4 is 5.32 Å². The van der Waals surface area contributed by atoms with Crippen LogP contribution in [-0.2, 0) is 28.9 Å². The van der Waals surface area contributed by atoms with Gasteiger partial charge in [0.05, 0.1) is 23.5 Å². The molecule has 0 unspecified atom stereocenters. The molecule has 1 aliphatic rings. The van der Waals surface area contributed by atoms with Crippen molar-refractivity contribution in [2.75, 3.05) is 17.7 Å². The van der Waals surface area contributed by atoms with E-state index in [-0.39, 0.29) is 35.4 Å². The molecule has 2 aromatic heterocycles. The van der Waals surface area contributed by atoms with E-state index < -0.39 is 0 Å². The number of hydrogen-bond acceptors (Lipinski definition) is 8. The summed E-state index contributed by atoms with van der Waals surface area (Å²) in [6.45, 7) is 13.0. The predicted octanol–water partition coefficient (Wildman–Crippen LogP) is 5.96. The normalized spacial score (nSPS) is 15.1. The molecule has 1 amide bonds. The van der Waals surface area contributed by atoms with Crippen LogP contribution in [0, 0.1) is 11.3 Å². The van der Waals surface area contributed by atoms with Gasteiger partial charge in [0.1, 0.15) is 10.8 Å². The third kappa shape index (κ3) is 5.96. The van der Waals surface area contributed by atoms with Gasteiger partial charge >= 0.3 is 5.97 Å². The van der Waals surface area contributed by atoms with Crippen molar-refractivity contribution in [1.82, 2.24) is 14.8 Å². The number of thiophene rings is 1. The molecular weight excluding hydrogens is 520 g/mol. The number of fused-ring (bicyclic) bond motifs is 1. The Labute approximate surface area is 231 Å². The first-order chi connectivity index (χ1) is 18.1. The van der Waals surface area contributed by atoms with Crippen LogP contribution in [0.4, 0.5) is 5.00 Å². The largest absolute Gasteiger partial charge is 0.507 e. The monoisotopic (exact) mass is 554 g/mol. The van der Waals surface area contributed by atoms with Crippen LogP contribution in [0.15, 0.2) is 42.1 Å². The van der Waals surface area contributed by atoms with Crippen LogP contribution in [0.1, 0.15) is 54.9 Å². The Balaban J connectivity index is 1.53. The Kier molecular flexibility index (Phi) is 8.62. The molecule has 0 bridgehead atoms. The summed E-state index contributed by atoms with van der Waals surface area (Å²) in [4.78, 5) is 27.1. The molecule has 8 nitrogen and oxygen atoms in total. The van der Waals surface area contributed by atoms with Gasteiger partial charge in [-0.3, -0.25) is 9.36 Å². The molecule has 1 atom stereocenters. The number of aromatic hydroxyl groups is 1. The van der Waals surface area contributed by atoms with Gasteiger partial charge in [-0.25, -0.2) is 4.79 Å². The zero-order valence-corrected chi connectivity index (χ0v) is 23.9. The number of aromatic nitrogens is 3. The van der Waals surface area contributed by atoms with E-state index in [0.717, 1.165) is 29.7 Å². The van der Waals surface area contributed by atoms with Crippen LogP contribution in [-0.4, -0.2) is 44.1 Å². The van der Waals surface area contributed by atoms with E-state index in [1.807, 2.05) is 6.07 Å². The number of allylic oxidation sites excluding steroid dienone is 1. The van der Waals surface area contributed by atoms with Gasteiger partial charge in [-0.05, 0) is 55.2 Å². The number of phenolic OH excluding ortho intramolecular Hbond substituents is 1. The fourth-order valence-electron chi connectivity index (χ4n) is 4.68. The number of ether oxygens (including phenoxy) is 1. The molecule has 1 aliphatic carbocycles. The number of benzene rings is 1. The molecule has 0 saturated carbocycles. The Bertz CT molecular complexity index is 1340. The lowest BCUT2D eigenvalue weighted by Crippen LogP contribution is -2.26. The highest BCUT2D eigenvalue weighted by Crippen LogP contribution is 2.44. The van der Waals surface area contributed by atoms with Gasteiger partial charge in [-0.15, -0.1) is 28.1 Å². The molecule has 0 saturated heterocycles. The first kappa shape index (κ1) is 27.9. The summed E-state index contributed by atoms with van der Waals surface area (Å²) in [5.41, 5.74) is 2.22. The van der Waals surface area contributed by atoms with E-state index in [9.17, 15) is 14.7 Å². The molecule has 10 heteroatoms. The summed E-state index contributed by atoms with van der Waals surface area (Å²) in [5.74, 6) is 0.545. The second-order valence-corrected chi connectivity index (χ2v) is 12.3. The van der Waals surface area contributed by atoms with Crippen molar-refractivity contribution in [2.45, 2.75) is 58.7 Å². The van der Waals surface area contributed by atoms with Gasteiger partial charge in [0, 0.05) is 11.4 Å². The number of esters is 1. The average Bonchev–Trinajstić information content (AvgIpc) is 3.43. The molecule has 2 heterocycles. The van der Waals surface area contributed by atoms with Gasteiger partial charge in [0.25, 0.3) is 0 Å². The quantitative estimate of drug-likeness (QED) is 0.191. The minimum Gasteiger partial charge on any atom is -0.507 e. The maximum Gasteiger partial charge on any atom is 0.341 e. The lowest BCUT2D eigenvalue weighted by atomic mass is 9.72. The molecule has 202 valence electrons. The van der Waals surface area contributed by atoms with Gasteiger partial charge in [0.15, 0.2) is 11.0 Å². The van der Waals surface area contributed by atoms with Crippen LogP contribution >= 0.6 is 23.1 Å². The first-order valence-corrected chi connectivity index (χ1v) is 14.5. The molecule has 0 spiro atoms. The molecule has 4 rings (SSSR count).